The Bertz CT molecular complexity index is 307. The van der Waals surface area contributed by atoms with Crippen molar-refractivity contribution in [2.24, 2.45) is 5.92 Å². The minimum absolute atomic E-state index is 0. The first kappa shape index (κ1) is 16.1. The Balaban J connectivity index is 0.00000162. The average Bonchev–Trinajstić information content (AvgIpc) is 2.36. The molecule has 0 amide bonds. The van der Waals surface area contributed by atoms with Crippen molar-refractivity contribution in [1.29, 1.82) is 0 Å². The van der Waals surface area contributed by atoms with Gasteiger partial charge in [-0.15, -0.1) is 0 Å². The molecule has 18 heavy (non-hydrogen) atoms. The topological polar surface area (TPSA) is 76.0 Å². The molecule has 2 rings (SSSR count). The smallest absolute Gasteiger partial charge is 0.591 e. The van der Waals surface area contributed by atoms with E-state index in [2.05, 4.69) is 6.26 Å². The fraction of sp³-hybridized carbons (Fsp3) is 0.750. The molecule has 96 valence electrons. The van der Waals surface area contributed by atoms with Crippen LogP contribution in [0, 0.1) is 12.2 Å². The van der Waals surface area contributed by atoms with Crippen molar-refractivity contribution in [2.75, 3.05) is 13.2 Å². The van der Waals surface area contributed by atoms with Crippen molar-refractivity contribution >= 4 is 5.78 Å². The van der Waals surface area contributed by atoms with E-state index < -0.39 is 6.10 Å². The molecule has 1 fully saturated rings. The van der Waals surface area contributed by atoms with Gasteiger partial charge in [0.1, 0.15) is 6.10 Å². The Labute approximate surface area is 128 Å². The van der Waals surface area contributed by atoms with Crippen molar-refractivity contribution in [3.05, 3.63) is 12.3 Å². The molecule has 0 bridgehead atoms. The zero-order valence-electron chi connectivity index (χ0n) is 10.5. The number of hydrogen-bond acceptors (Lipinski definition) is 5. The second-order valence-corrected chi connectivity index (χ2v) is 4.49. The molecule has 1 saturated carbocycles. The van der Waals surface area contributed by atoms with Crippen LogP contribution in [0.3, 0.4) is 0 Å². The van der Waals surface area contributed by atoms with Gasteiger partial charge in [-0.1, -0.05) is 6.26 Å². The molecular weight excluding hydrogens is 247 g/mol. The second kappa shape index (κ2) is 7.62. The molecular formula is C12H17NaO5. The van der Waals surface area contributed by atoms with Gasteiger partial charge < -0.3 is 24.5 Å². The number of aliphatic hydroxyl groups excluding tert-OH is 2. The van der Waals surface area contributed by atoms with E-state index in [9.17, 15) is 9.90 Å². The van der Waals surface area contributed by atoms with Crippen LogP contribution in [0.25, 0.3) is 0 Å². The first-order chi connectivity index (χ1) is 8.22. The Morgan fingerprint density at radius 3 is 3.06 bits per heavy atom. The maximum atomic E-state index is 11.8. The number of aliphatic hydroxyl groups is 2. The molecule has 4 unspecified atom stereocenters. The number of allylic oxidation sites excluding steroid dienone is 1. The summed E-state index contributed by atoms with van der Waals surface area (Å²) in [6.45, 7) is -0.288. The molecule has 1 aliphatic carbocycles. The third kappa shape index (κ3) is 3.79. The van der Waals surface area contributed by atoms with Crippen LogP contribution in [-0.4, -0.2) is 47.5 Å². The molecule has 0 aromatic carbocycles. The fourth-order valence-corrected chi connectivity index (χ4v) is 2.37. The van der Waals surface area contributed by atoms with Crippen molar-refractivity contribution < 1.29 is 54.0 Å². The molecule has 1 aliphatic heterocycles. The molecule has 6 heteroatoms. The minimum Gasteiger partial charge on any atom is -0.591 e. The molecule has 2 N–H and O–H groups in total. The van der Waals surface area contributed by atoms with Crippen LogP contribution in [0.2, 0.25) is 0 Å². The first-order valence-corrected chi connectivity index (χ1v) is 5.91. The summed E-state index contributed by atoms with van der Waals surface area (Å²) in [5.74, 6) is -0.319. The Morgan fingerprint density at radius 2 is 2.33 bits per heavy atom. The largest absolute Gasteiger partial charge is 1.00 e. The van der Waals surface area contributed by atoms with Crippen LogP contribution in [0.1, 0.15) is 19.3 Å². The molecule has 4 atom stereocenters. The summed E-state index contributed by atoms with van der Waals surface area (Å²) >= 11 is 0. The van der Waals surface area contributed by atoms with Crippen molar-refractivity contribution in [2.45, 2.75) is 37.6 Å². The van der Waals surface area contributed by atoms with Crippen LogP contribution in [-0.2, 0) is 14.3 Å². The number of carbonyl (C=O) groups is 1. The molecule has 2 aliphatic rings. The Kier molecular flexibility index (Phi) is 6.84. The first-order valence-electron chi connectivity index (χ1n) is 5.91. The summed E-state index contributed by atoms with van der Waals surface area (Å²) in [5.41, 5.74) is 0. The van der Waals surface area contributed by atoms with E-state index in [-0.39, 0.29) is 66.7 Å². The van der Waals surface area contributed by atoms with E-state index in [1.807, 2.05) is 0 Å². The standard InChI is InChI=1S/C12H17O5.Na/c13-6-8(14)7-17-11-3-1-2-10-12(11)9(15)4-5-16-10;/h4,8,10-14H,1-3,6-7H2;/q-1;+1. The third-order valence-electron chi connectivity index (χ3n) is 3.24. The molecule has 5 nitrogen and oxygen atoms in total. The fourth-order valence-electron chi connectivity index (χ4n) is 2.37. The van der Waals surface area contributed by atoms with Gasteiger partial charge in [0.25, 0.3) is 0 Å². The Morgan fingerprint density at radius 1 is 1.56 bits per heavy atom. The molecule has 0 saturated heterocycles. The Hall–Kier alpha value is 0.0900. The van der Waals surface area contributed by atoms with Gasteiger partial charge in [0.15, 0.2) is 0 Å². The van der Waals surface area contributed by atoms with E-state index in [0.717, 1.165) is 19.3 Å². The zero-order chi connectivity index (χ0) is 12.3. The van der Waals surface area contributed by atoms with E-state index >= 15 is 0 Å². The number of hydrogen-bond donors (Lipinski definition) is 2. The minimum atomic E-state index is -0.892. The van der Waals surface area contributed by atoms with Crippen LogP contribution in [0.5, 0.6) is 0 Å². The number of ketones is 1. The van der Waals surface area contributed by atoms with Crippen molar-refractivity contribution in [3.8, 4) is 0 Å². The molecule has 0 spiro atoms. The van der Waals surface area contributed by atoms with Gasteiger partial charge in [-0.3, -0.25) is 0 Å². The van der Waals surface area contributed by atoms with E-state index in [1.165, 1.54) is 6.08 Å². The second-order valence-electron chi connectivity index (χ2n) is 4.49. The summed E-state index contributed by atoms with van der Waals surface area (Å²) in [6.07, 6.45) is 5.08. The van der Waals surface area contributed by atoms with Gasteiger partial charge in [0.2, 0.25) is 0 Å². The predicted octanol–water partition coefficient (Wildman–Crippen LogP) is -3.19. The number of rotatable bonds is 4. The number of ether oxygens (including phenoxy) is 2. The van der Waals surface area contributed by atoms with Crippen LogP contribution in [0.4, 0.5) is 0 Å². The predicted molar refractivity (Wildman–Crippen MR) is 57.9 cm³/mol. The van der Waals surface area contributed by atoms with E-state index in [4.69, 9.17) is 14.6 Å². The molecule has 0 radical (unpaired) electrons. The SMILES string of the molecule is O=C1C=[C-]OC2CCCC(OCC(O)CO)C12.[Na+]. The summed E-state index contributed by atoms with van der Waals surface area (Å²) in [5, 5.41) is 18.0. The average molecular weight is 264 g/mol. The zero-order valence-corrected chi connectivity index (χ0v) is 12.5. The van der Waals surface area contributed by atoms with Crippen molar-refractivity contribution in [3.63, 3.8) is 0 Å². The summed E-state index contributed by atoms with van der Waals surface area (Å²) in [4.78, 5) is 11.8. The molecule has 0 aromatic rings. The van der Waals surface area contributed by atoms with Crippen LogP contribution < -0.4 is 29.6 Å². The molecule has 0 aromatic heterocycles. The van der Waals surface area contributed by atoms with Gasteiger partial charge in [0, 0.05) is 11.7 Å². The van der Waals surface area contributed by atoms with Gasteiger partial charge in [0.05, 0.1) is 25.4 Å². The van der Waals surface area contributed by atoms with Gasteiger partial charge in [-0.2, -0.15) is 6.08 Å². The quantitative estimate of drug-likeness (QED) is 0.413. The maximum Gasteiger partial charge on any atom is 1.00 e. The van der Waals surface area contributed by atoms with Gasteiger partial charge in [-0.05, 0) is 19.3 Å². The van der Waals surface area contributed by atoms with Gasteiger partial charge >= 0.3 is 29.6 Å². The van der Waals surface area contributed by atoms with Gasteiger partial charge in [-0.25, -0.2) is 0 Å². The maximum absolute atomic E-state index is 11.8. The van der Waals surface area contributed by atoms with Crippen LogP contribution in [0.15, 0.2) is 6.08 Å². The van der Waals surface area contributed by atoms with Crippen LogP contribution >= 0.6 is 0 Å². The summed E-state index contributed by atoms with van der Waals surface area (Å²) < 4.78 is 10.8. The van der Waals surface area contributed by atoms with E-state index in [1.54, 1.807) is 0 Å². The van der Waals surface area contributed by atoms with Crippen molar-refractivity contribution in [1.82, 2.24) is 0 Å². The normalized spacial score (nSPS) is 32.1. The monoisotopic (exact) mass is 264 g/mol. The number of carbonyl (C=O) groups excluding carboxylic acids is 1. The summed E-state index contributed by atoms with van der Waals surface area (Å²) in [6, 6.07) is 0. The number of fused-ring (bicyclic) bond motifs is 1. The third-order valence-corrected chi connectivity index (χ3v) is 3.24. The van der Waals surface area contributed by atoms with E-state index in [0.29, 0.717) is 0 Å². The summed E-state index contributed by atoms with van der Waals surface area (Å²) in [7, 11) is 0. The molecule has 1 heterocycles.